The first-order valence-electron chi connectivity index (χ1n) is 4.99. The molecule has 2 N–H and O–H groups in total. The molecule has 1 unspecified atom stereocenters. The fourth-order valence-electron chi connectivity index (χ4n) is 1.13. The third kappa shape index (κ3) is 3.32. The molecule has 15 heavy (non-hydrogen) atoms. The van der Waals surface area contributed by atoms with E-state index in [1.54, 1.807) is 6.33 Å². The number of nitrogens with one attached hydrogen (secondary N) is 2. The van der Waals surface area contributed by atoms with Crippen molar-refractivity contribution in [2.45, 2.75) is 26.4 Å². The molecule has 1 aromatic rings. The number of hydrogen-bond acceptors (Lipinski definition) is 4. The summed E-state index contributed by atoms with van der Waals surface area (Å²) in [5, 5.41) is 13.5. The van der Waals surface area contributed by atoms with Gasteiger partial charge in [-0.2, -0.15) is 0 Å². The summed E-state index contributed by atoms with van der Waals surface area (Å²) in [6.07, 6.45) is 1.63. The van der Waals surface area contributed by atoms with E-state index in [1.807, 2.05) is 25.5 Å². The largest absolute Gasteiger partial charge is 0.355 e. The van der Waals surface area contributed by atoms with Gasteiger partial charge in [-0.15, -0.1) is 10.2 Å². The van der Waals surface area contributed by atoms with Gasteiger partial charge in [0.25, 0.3) is 0 Å². The summed E-state index contributed by atoms with van der Waals surface area (Å²) >= 11 is 0. The standard InChI is InChI=1S/C9H17N5O/c1-4-10-9(15)7(2)11-5-8-13-12-6-14(8)3/h6-7,11H,4-5H2,1-3H3,(H,10,15). The van der Waals surface area contributed by atoms with Crippen molar-refractivity contribution in [3.63, 3.8) is 0 Å². The van der Waals surface area contributed by atoms with E-state index < -0.39 is 0 Å². The number of aromatic nitrogens is 3. The van der Waals surface area contributed by atoms with Gasteiger partial charge in [0.15, 0.2) is 0 Å². The molecule has 6 nitrogen and oxygen atoms in total. The monoisotopic (exact) mass is 211 g/mol. The Morgan fingerprint density at radius 3 is 2.93 bits per heavy atom. The molecule has 6 heteroatoms. The summed E-state index contributed by atoms with van der Waals surface area (Å²) in [5.74, 6) is 0.811. The van der Waals surface area contributed by atoms with Crippen LogP contribution in [0.1, 0.15) is 19.7 Å². The molecule has 0 aliphatic heterocycles. The van der Waals surface area contributed by atoms with Crippen LogP contribution in [-0.4, -0.2) is 33.3 Å². The molecule has 0 aliphatic rings. The van der Waals surface area contributed by atoms with Crippen molar-refractivity contribution in [2.24, 2.45) is 7.05 Å². The van der Waals surface area contributed by atoms with Crippen LogP contribution in [0.25, 0.3) is 0 Å². The third-order valence-electron chi connectivity index (χ3n) is 2.12. The minimum atomic E-state index is -0.221. The average molecular weight is 211 g/mol. The van der Waals surface area contributed by atoms with Gasteiger partial charge in [-0.25, -0.2) is 0 Å². The number of hydrogen-bond donors (Lipinski definition) is 2. The Bertz CT molecular complexity index is 322. The summed E-state index contributed by atoms with van der Waals surface area (Å²) in [4.78, 5) is 11.4. The van der Waals surface area contributed by atoms with E-state index in [2.05, 4.69) is 20.8 Å². The Balaban J connectivity index is 2.37. The van der Waals surface area contributed by atoms with Crippen LogP contribution in [-0.2, 0) is 18.4 Å². The molecule has 0 spiro atoms. The van der Waals surface area contributed by atoms with Gasteiger partial charge >= 0.3 is 0 Å². The van der Waals surface area contributed by atoms with Crippen LogP contribution in [0, 0.1) is 0 Å². The lowest BCUT2D eigenvalue weighted by atomic mass is 10.3. The summed E-state index contributed by atoms with van der Waals surface area (Å²) in [6, 6.07) is -0.221. The van der Waals surface area contributed by atoms with Gasteiger partial charge in [-0.1, -0.05) is 0 Å². The molecule has 1 heterocycles. The van der Waals surface area contributed by atoms with Crippen molar-refractivity contribution in [1.29, 1.82) is 0 Å². The SMILES string of the molecule is CCNC(=O)C(C)NCc1nncn1C. The van der Waals surface area contributed by atoms with Crippen LogP contribution in [0.3, 0.4) is 0 Å². The van der Waals surface area contributed by atoms with Crippen molar-refractivity contribution in [2.75, 3.05) is 6.54 Å². The summed E-state index contributed by atoms with van der Waals surface area (Å²) < 4.78 is 1.82. The van der Waals surface area contributed by atoms with Crippen molar-refractivity contribution in [1.82, 2.24) is 25.4 Å². The number of amides is 1. The van der Waals surface area contributed by atoms with Crippen LogP contribution < -0.4 is 10.6 Å². The second-order valence-corrected chi connectivity index (χ2v) is 3.36. The third-order valence-corrected chi connectivity index (χ3v) is 2.12. The maximum Gasteiger partial charge on any atom is 0.236 e. The number of aryl methyl sites for hydroxylation is 1. The predicted molar refractivity (Wildman–Crippen MR) is 56.0 cm³/mol. The first-order valence-corrected chi connectivity index (χ1v) is 4.99. The number of nitrogens with zero attached hydrogens (tertiary/aromatic N) is 3. The molecule has 0 bridgehead atoms. The maximum absolute atomic E-state index is 11.4. The van der Waals surface area contributed by atoms with Gasteiger partial charge in [0.05, 0.1) is 12.6 Å². The molecule has 1 atom stereocenters. The Kier molecular flexibility index (Phi) is 4.23. The molecule has 0 aliphatic carbocycles. The van der Waals surface area contributed by atoms with Crippen LogP contribution in [0.2, 0.25) is 0 Å². The summed E-state index contributed by atoms with van der Waals surface area (Å²) in [7, 11) is 1.87. The predicted octanol–water partition coefficient (Wildman–Crippen LogP) is -0.571. The molecule has 84 valence electrons. The highest BCUT2D eigenvalue weighted by molar-refractivity contribution is 5.81. The topological polar surface area (TPSA) is 71.8 Å². The maximum atomic E-state index is 11.4. The molecule has 1 amide bonds. The Hall–Kier alpha value is -1.43. The molecule has 0 saturated heterocycles. The van der Waals surface area contributed by atoms with E-state index in [-0.39, 0.29) is 11.9 Å². The molecule has 0 fully saturated rings. The molecule has 0 saturated carbocycles. The molecule has 0 radical (unpaired) electrons. The number of likely N-dealkylation sites (N-methyl/N-ethyl adjacent to an activating group) is 1. The average Bonchev–Trinajstić information content (AvgIpc) is 2.61. The van der Waals surface area contributed by atoms with Gasteiger partial charge in [-0.05, 0) is 13.8 Å². The fourth-order valence-corrected chi connectivity index (χ4v) is 1.13. The molecule has 1 aromatic heterocycles. The highest BCUT2D eigenvalue weighted by Gasteiger charge is 2.11. The Labute approximate surface area is 89.1 Å². The van der Waals surface area contributed by atoms with Crippen molar-refractivity contribution in [3.05, 3.63) is 12.2 Å². The van der Waals surface area contributed by atoms with E-state index in [1.165, 1.54) is 0 Å². The van der Waals surface area contributed by atoms with Gasteiger partial charge in [0.1, 0.15) is 12.2 Å². The van der Waals surface area contributed by atoms with Crippen molar-refractivity contribution in [3.8, 4) is 0 Å². The first-order chi connectivity index (χ1) is 7.15. The molecular formula is C9H17N5O. The fraction of sp³-hybridized carbons (Fsp3) is 0.667. The van der Waals surface area contributed by atoms with E-state index in [4.69, 9.17) is 0 Å². The number of rotatable bonds is 5. The number of carbonyl (C=O) groups excluding carboxylic acids is 1. The second-order valence-electron chi connectivity index (χ2n) is 3.36. The quantitative estimate of drug-likeness (QED) is 0.684. The highest BCUT2D eigenvalue weighted by Crippen LogP contribution is 1.92. The van der Waals surface area contributed by atoms with Crippen LogP contribution in [0.4, 0.5) is 0 Å². The van der Waals surface area contributed by atoms with Crippen molar-refractivity contribution < 1.29 is 4.79 Å². The minimum Gasteiger partial charge on any atom is -0.355 e. The van der Waals surface area contributed by atoms with E-state index in [9.17, 15) is 4.79 Å². The zero-order valence-corrected chi connectivity index (χ0v) is 9.32. The van der Waals surface area contributed by atoms with Crippen LogP contribution in [0.5, 0.6) is 0 Å². The number of carbonyl (C=O) groups is 1. The lowest BCUT2D eigenvalue weighted by Crippen LogP contribution is -2.42. The van der Waals surface area contributed by atoms with E-state index in [0.29, 0.717) is 13.1 Å². The summed E-state index contributed by atoms with van der Waals surface area (Å²) in [5.41, 5.74) is 0. The van der Waals surface area contributed by atoms with Gasteiger partial charge in [0, 0.05) is 13.6 Å². The Morgan fingerprint density at radius 2 is 2.40 bits per heavy atom. The van der Waals surface area contributed by atoms with E-state index in [0.717, 1.165) is 5.82 Å². The minimum absolute atomic E-state index is 0.000307. The highest BCUT2D eigenvalue weighted by atomic mass is 16.2. The zero-order chi connectivity index (χ0) is 11.3. The van der Waals surface area contributed by atoms with Crippen LogP contribution in [0.15, 0.2) is 6.33 Å². The van der Waals surface area contributed by atoms with Crippen molar-refractivity contribution >= 4 is 5.91 Å². The second kappa shape index (κ2) is 5.45. The molecule has 1 rings (SSSR count). The molecule has 0 aromatic carbocycles. The van der Waals surface area contributed by atoms with Gasteiger partial charge < -0.3 is 9.88 Å². The zero-order valence-electron chi connectivity index (χ0n) is 9.32. The lowest BCUT2D eigenvalue weighted by Gasteiger charge is -2.12. The van der Waals surface area contributed by atoms with Crippen LogP contribution >= 0.6 is 0 Å². The lowest BCUT2D eigenvalue weighted by molar-refractivity contribution is -0.122. The first kappa shape index (κ1) is 11.6. The summed E-state index contributed by atoms with van der Waals surface area (Å²) in [6.45, 7) is 4.90. The van der Waals surface area contributed by atoms with Gasteiger partial charge in [-0.3, -0.25) is 10.1 Å². The van der Waals surface area contributed by atoms with E-state index >= 15 is 0 Å². The van der Waals surface area contributed by atoms with Gasteiger partial charge in [0.2, 0.25) is 5.91 Å². The smallest absolute Gasteiger partial charge is 0.236 e. The normalized spacial score (nSPS) is 12.5. The Morgan fingerprint density at radius 1 is 1.67 bits per heavy atom. The molecular weight excluding hydrogens is 194 g/mol.